The largest absolute Gasteiger partial charge is 0.508 e. The number of hydrogen-bond donors (Lipinski definition) is 2. The molecule has 0 radical (unpaired) electrons. The Balaban J connectivity index is 1.70. The molecule has 0 unspecified atom stereocenters. The molecule has 4 nitrogen and oxygen atoms in total. The summed E-state index contributed by atoms with van der Waals surface area (Å²) >= 11 is 0. The number of rotatable bonds is 2. The highest BCUT2D eigenvalue weighted by Crippen LogP contribution is 2.46. The third-order valence-corrected chi connectivity index (χ3v) is 4.29. The Bertz CT molecular complexity index is 646. The predicted molar refractivity (Wildman–Crippen MR) is 73.3 cm³/mol. The Kier molecular flexibility index (Phi) is 2.10. The van der Waals surface area contributed by atoms with E-state index in [-0.39, 0.29) is 5.75 Å². The topological polar surface area (TPSA) is 56.6 Å². The molecule has 19 heavy (non-hydrogen) atoms. The van der Waals surface area contributed by atoms with E-state index in [1.165, 1.54) is 0 Å². The minimum absolute atomic E-state index is 0.250. The molecule has 2 N–H and O–H groups in total. The highest BCUT2D eigenvalue weighted by atomic mass is 16.3. The van der Waals surface area contributed by atoms with E-state index < -0.39 is 5.60 Å². The number of aliphatic hydroxyl groups is 1. The average molecular weight is 256 g/mol. The van der Waals surface area contributed by atoms with E-state index in [4.69, 9.17) is 0 Å². The Morgan fingerprint density at radius 3 is 2.74 bits per heavy atom. The summed E-state index contributed by atoms with van der Waals surface area (Å²) in [6.45, 7) is 1.30. The van der Waals surface area contributed by atoms with Gasteiger partial charge >= 0.3 is 0 Å². The summed E-state index contributed by atoms with van der Waals surface area (Å²) in [5.41, 5.74) is -0.513. The number of hydrogen-bond acceptors (Lipinski definition) is 4. The zero-order chi connectivity index (χ0) is 13.0. The lowest BCUT2D eigenvalue weighted by Gasteiger charge is -2.48. The lowest BCUT2D eigenvalue weighted by Crippen LogP contribution is -2.63. The van der Waals surface area contributed by atoms with Crippen LogP contribution < -0.4 is 4.90 Å². The van der Waals surface area contributed by atoms with Gasteiger partial charge in [-0.2, -0.15) is 0 Å². The summed E-state index contributed by atoms with van der Waals surface area (Å²) in [6.07, 6.45) is 4.07. The van der Waals surface area contributed by atoms with Crippen LogP contribution in [0.1, 0.15) is 12.8 Å². The first kappa shape index (κ1) is 11.1. The molecule has 2 fully saturated rings. The van der Waals surface area contributed by atoms with Crippen molar-refractivity contribution in [2.45, 2.75) is 18.4 Å². The highest BCUT2D eigenvalue weighted by molar-refractivity contribution is 5.93. The molecule has 2 aliphatic rings. The summed E-state index contributed by atoms with van der Waals surface area (Å²) in [6, 6.07) is 7.25. The van der Waals surface area contributed by atoms with Crippen LogP contribution in [-0.4, -0.2) is 33.9 Å². The second-order valence-corrected chi connectivity index (χ2v) is 5.77. The molecule has 1 aromatic carbocycles. The molecule has 0 bridgehead atoms. The standard InChI is InChI=1S/C15H16N2O2/c18-12-4-1-10-5-6-16-14(13(10)7-12)17-8-15(19,9-17)11-2-3-11/h1,4-7,11,18-19H,2-3,8-9H2. The average Bonchev–Trinajstić information content (AvgIpc) is 3.19. The van der Waals surface area contributed by atoms with Gasteiger partial charge in [0, 0.05) is 11.6 Å². The maximum atomic E-state index is 10.4. The number of nitrogens with zero attached hydrogens (tertiary/aromatic N) is 2. The first-order chi connectivity index (χ1) is 9.16. The number of β-amino-alcohol motifs (C(OH)–C–C–N with tert-alkyl or cyclic N) is 1. The van der Waals surface area contributed by atoms with E-state index in [1.54, 1.807) is 18.3 Å². The number of fused-ring (bicyclic) bond motifs is 1. The summed E-state index contributed by atoms with van der Waals surface area (Å²) < 4.78 is 0. The van der Waals surface area contributed by atoms with Crippen molar-refractivity contribution in [2.24, 2.45) is 5.92 Å². The first-order valence-electron chi connectivity index (χ1n) is 6.71. The Morgan fingerprint density at radius 1 is 1.21 bits per heavy atom. The van der Waals surface area contributed by atoms with Gasteiger partial charge in [-0.05, 0) is 42.3 Å². The van der Waals surface area contributed by atoms with Crippen molar-refractivity contribution in [3.8, 4) is 5.75 Å². The van der Waals surface area contributed by atoms with E-state index in [0.29, 0.717) is 19.0 Å². The van der Waals surface area contributed by atoms with E-state index in [9.17, 15) is 10.2 Å². The Hall–Kier alpha value is -1.81. The number of pyridine rings is 1. The fourth-order valence-corrected chi connectivity index (χ4v) is 3.04. The molecule has 2 heterocycles. The summed E-state index contributed by atoms with van der Waals surface area (Å²) in [4.78, 5) is 6.52. The van der Waals surface area contributed by atoms with Crippen molar-refractivity contribution in [3.05, 3.63) is 30.5 Å². The second kappa shape index (κ2) is 3.61. The van der Waals surface area contributed by atoms with Crippen molar-refractivity contribution in [2.75, 3.05) is 18.0 Å². The quantitative estimate of drug-likeness (QED) is 0.861. The van der Waals surface area contributed by atoms with E-state index in [1.807, 2.05) is 12.1 Å². The van der Waals surface area contributed by atoms with Gasteiger partial charge in [0.15, 0.2) is 0 Å². The minimum atomic E-state index is -0.513. The number of anilines is 1. The van der Waals surface area contributed by atoms with Crippen LogP contribution in [0.15, 0.2) is 30.5 Å². The Morgan fingerprint density at radius 2 is 2.00 bits per heavy atom. The van der Waals surface area contributed by atoms with Gasteiger partial charge in [0.2, 0.25) is 0 Å². The number of phenols is 1. The molecule has 4 rings (SSSR count). The van der Waals surface area contributed by atoms with Crippen molar-refractivity contribution in [1.82, 2.24) is 4.98 Å². The van der Waals surface area contributed by atoms with Crippen LogP contribution in [0.5, 0.6) is 5.75 Å². The lowest BCUT2D eigenvalue weighted by atomic mass is 9.88. The fraction of sp³-hybridized carbons (Fsp3) is 0.400. The molecule has 0 atom stereocenters. The maximum absolute atomic E-state index is 10.4. The molecule has 1 aromatic heterocycles. The van der Waals surface area contributed by atoms with E-state index in [0.717, 1.165) is 29.4 Å². The normalized spacial score (nSPS) is 21.4. The number of aromatic nitrogens is 1. The van der Waals surface area contributed by atoms with Crippen LogP contribution in [0.4, 0.5) is 5.82 Å². The van der Waals surface area contributed by atoms with Gasteiger partial charge in [-0.1, -0.05) is 6.07 Å². The van der Waals surface area contributed by atoms with Gasteiger partial charge in [-0.15, -0.1) is 0 Å². The number of benzene rings is 1. The summed E-state index contributed by atoms with van der Waals surface area (Å²) in [5.74, 6) is 1.59. The second-order valence-electron chi connectivity index (χ2n) is 5.77. The smallest absolute Gasteiger partial charge is 0.136 e. The molecule has 0 amide bonds. The van der Waals surface area contributed by atoms with Gasteiger partial charge in [-0.3, -0.25) is 0 Å². The van der Waals surface area contributed by atoms with Crippen molar-refractivity contribution < 1.29 is 10.2 Å². The molecule has 2 aromatic rings. The highest BCUT2D eigenvalue weighted by Gasteiger charge is 2.52. The molecule has 98 valence electrons. The monoisotopic (exact) mass is 256 g/mol. The van der Waals surface area contributed by atoms with E-state index >= 15 is 0 Å². The molecule has 1 saturated heterocycles. The van der Waals surface area contributed by atoms with Gasteiger partial charge in [0.1, 0.15) is 17.2 Å². The zero-order valence-corrected chi connectivity index (χ0v) is 10.6. The van der Waals surface area contributed by atoms with Crippen LogP contribution >= 0.6 is 0 Å². The summed E-state index contributed by atoms with van der Waals surface area (Å²) in [7, 11) is 0. The van der Waals surface area contributed by atoms with Crippen molar-refractivity contribution in [3.63, 3.8) is 0 Å². The fourth-order valence-electron chi connectivity index (χ4n) is 3.04. The zero-order valence-electron chi connectivity index (χ0n) is 10.6. The maximum Gasteiger partial charge on any atom is 0.136 e. The molecule has 1 aliphatic heterocycles. The van der Waals surface area contributed by atoms with Crippen LogP contribution in [0, 0.1) is 5.92 Å². The van der Waals surface area contributed by atoms with Gasteiger partial charge in [0.05, 0.1) is 13.1 Å². The number of phenolic OH excluding ortho intramolecular Hbond substituents is 1. The van der Waals surface area contributed by atoms with Gasteiger partial charge in [0.25, 0.3) is 0 Å². The molecular weight excluding hydrogens is 240 g/mol. The molecule has 4 heteroatoms. The number of aromatic hydroxyl groups is 1. The molecule has 1 aliphatic carbocycles. The van der Waals surface area contributed by atoms with Gasteiger partial charge in [-0.25, -0.2) is 4.98 Å². The van der Waals surface area contributed by atoms with Crippen molar-refractivity contribution >= 4 is 16.6 Å². The minimum Gasteiger partial charge on any atom is -0.508 e. The van der Waals surface area contributed by atoms with Crippen LogP contribution in [-0.2, 0) is 0 Å². The predicted octanol–water partition coefficient (Wildman–Crippen LogP) is 1.90. The van der Waals surface area contributed by atoms with Gasteiger partial charge < -0.3 is 15.1 Å². The van der Waals surface area contributed by atoms with Crippen LogP contribution in [0.25, 0.3) is 10.8 Å². The van der Waals surface area contributed by atoms with Crippen LogP contribution in [0.3, 0.4) is 0 Å². The summed E-state index contributed by atoms with van der Waals surface area (Å²) in [5, 5.41) is 22.0. The first-order valence-corrected chi connectivity index (χ1v) is 6.71. The molecule has 0 spiro atoms. The lowest BCUT2D eigenvalue weighted by molar-refractivity contribution is -0.00957. The third-order valence-electron chi connectivity index (χ3n) is 4.29. The van der Waals surface area contributed by atoms with Crippen molar-refractivity contribution in [1.29, 1.82) is 0 Å². The third kappa shape index (κ3) is 1.67. The van der Waals surface area contributed by atoms with Crippen LogP contribution in [0.2, 0.25) is 0 Å². The Labute approximate surface area is 111 Å². The molecular formula is C15H16N2O2. The SMILES string of the molecule is Oc1ccc2ccnc(N3CC(O)(C4CC4)C3)c2c1. The van der Waals surface area contributed by atoms with E-state index in [2.05, 4.69) is 9.88 Å². The molecule has 1 saturated carbocycles.